The van der Waals surface area contributed by atoms with Crippen LogP contribution in [0.25, 0.3) is 0 Å². The summed E-state index contributed by atoms with van der Waals surface area (Å²) in [6.07, 6.45) is 8.55. The van der Waals surface area contributed by atoms with Crippen LogP contribution in [0, 0.1) is 13.8 Å². The van der Waals surface area contributed by atoms with Gasteiger partial charge in [-0.1, -0.05) is 62.1 Å². The van der Waals surface area contributed by atoms with Gasteiger partial charge in [-0.3, -0.25) is 0 Å². The minimum Gasteiger partial charge on any atom is -0.0850 e. The van der Waals surface area contributed by atoms with Crippen molar-refractivity contribution in [3.8, 4) is 0 Å². The molecule has 0 radical (unpaired) electrons. The SMILES string of the molecule is CCC/C=C(\CCC)Cc1ccc(C)cc1C. The van der Waals surface area contributed by atoms with Gasteiger partial charge in [-0.15, -0.1) is 0 Å². The summed E-state index contributed by atoms with van der Waals surface area (Å²) in [5.74, 6) is 0. The highest BCUT2D eigenvalue weighted by Gasteiger charge is 2.02. The van der Waals surface area contributed by atoms with E-state index in [0.29, 0.717) is 0 Å². The third-order valence-electron chi connectivity index (χ3n) is 3.21. The second-order valence-electron chi connectivity index (χ2n) is 5.01. The van der Waals surface area contributed by atoms with Crippen molar-refractivity contribution in [3.63, 3.8) is 0 Å². The van der Waals surface area contributed by atoms with Gasteiger partial charge in [0, 0.05) is 0 Å². The Bertz CT molecular complexity index is 372. The second-order valence-corrected chi connectivity index (χ2v) is 5.01. The molecule has 1 aromatic carbocycles. The largest absolute Gasteiger partial charge is 0.0850 e. The van der Waals surface area contributed by atoms with Gasteiger partial charge in [-0.2, -0.15) is 0 Å². The first-order valence-corrected chi connectivity index (χ1v) is 6.91. The molecule has 1 aromatic rings. The lowest BCUT2D eigenvalue weighted by molar-refractivity contribution is 0.843. The molecule has 0 aromatic heterocycles. The van der Waals surface area contributed by atoms with Crippen molar-refractivity contribution in [1.82, 2.24) is 0 Å². The zero-order valence-electron chi connectivity index (χ0n) is 11.8. The molecule has 0 atom stereocenters. The van der Waals surface area contributed by atoms with Crippen molar-refractivity contribution in [2.24, 2.45) is 0 Å². The lowest BCUT2D eigenvalue weighted by Gasteiger charge is -2.10. The Balaban J connectivity index is 2.78. The van der Waals surface area contributed by atoms with Gasteiger partial charge in [-0.25, -0.2) is 0 Å². The summed E-state index contributed by atoms with van der Waals surface area (Å²) < 4.78 is 0. The lowest BCUT2D eigenvalue weighted by atomic mass is 9.96. The van der Waals surface area contributed by atoms with Crippen molar-refractivity contribution >= 4 is 0 Å². The fourth-order valence-electron chi connectivity index (χ4n) is 2.22. The summed E-state index contributed by atoms with van der Waals surface area (Å²) >= 11 is 0. The van der Waals surface area contributed by atoms with Gasteiger partial charge in [-0.05, 0) is 44.2 Å². The fourth-order valence-corrected chi connectivity index (χ4v) is 2.22. The maximum Gasteiger partial charge on any atom is -0.00645 e. The van der Waals surface area contributed by atoms with Crippen molar-refractivity contribution in [2.45, 2.75) is 59.8 Å². The standard InChI is InChI=1S/C17H26/c1-5-7-9-16(8-6-2)13-17-11-10-14(3)12-15(17)4/h9-12H,5-8,13H2,1-4H3/b16-9+. The van der Waals surface area contributed by atoms with E-state index in [1.54, 1.807) is 5.57 Å². The molecule has 0 aliphatic heterocycles. The lowest BCUT2D eigenvalue weighted by Crippen LogP contribution is -1.95. The van der Waals surface area contributed by atoms with E-state index >= 15 is 0 Å². The molecular formula is C17H26. The first-order valence-electron chi connectivity index (χ1n) is 6.91. The minimum atomic E-state index is 1.14. The van der Waals surface area contributed by atoms with Crippen LogP contribution in [0.1, 0.15) is 56.2 Å². The topological polar surface area (TPSA) is 0 Å². The predicted octanol–water partition coefficient (Wildman–Crippen LogP) is 5.37. The molecule has 0 fully saturated rings. The highest BCUT2D eigenvalue weighted by molar-refractivity contribution is 5.33. The second kappa shape index (κ2) is 7.32. The first-order chi connectivity index (χ1) is 8.17. The molecule has 0 heteroatoms. The molecule has 17 heavy (non-hydrogen) atoms. The Morgan fingerprint density at radius 3 is 2.47 bits per heavy atom. The quantitative estimate of drug-likeness (QED) is 0.576. The first kappa shape index (κ1) is 14.0. The van der Waals surface area contributed by atoms with Gasteiger partial charge in [0.25, 0.3) is 0 Å². The number of rotatable bonds is 6. The number of unbranched alkanes of at least 4 members (excludes halogenated alkanes) is 1. The van der Waals surface area contributed by atoms with E-state index in [0.717, 1.165) is 6.42 Å². The van der Waals surface area contributed by atoms with Gasteiger partial charge >= 0.3 is 0 Å². The Morgan fingerprint density at radius 1 is 1.12 bits per heavy atom. The van der Waals surface area contributed by atoms with Crippen LogP contribution in [0.5, 0.6) is 0 Å². The average Bonchev–Trinajstić information content (AvgIpc) is 2.29. The molecule has 0 N–H and O–H groups in total. The average molecular weight is 230 g/mol. The van der Waals surface area contributed by atoms with Gasteiger partial charge in [0.05, 0.1) is 0 Å². The molecule has 0 spiro atoms. The highest BCUT2D eigenvalue weighted by atomic mass is 14.1. The highest BCUT2D eigenvalue weighted by Crippen LogP contribution is 2.18. The van der Waals surface area contributed by atoms with Gasteiger partial charge in [0.15, 0.2) is 0 Å². The summed E-state index contributed by atoms with van der Waals surface area (Å²) in [7, 11) is 0. The molecule has 0 bridgehead atoms. The molecule has 0 aliphatic rings. The predicted molar refractivity (Wildman–Crippen MR) is 77.5 cm³/mol. The zero-order valence-corrected chi connectivity index (χ0v) is 11.8. The van der Waals surface area contributed by atoms with Crippen LogP contribution in [0.4, 0.5) is 0 Å². The van der Waals surface area contributed by atoms with Crippen LogP contribution in [-0.2, 0) is 6.42 Å². The van der Waals surface area contributed by atoms with Gasteiger partial charge < -0.3 is 0 Å². The number of hydrogen-bond donors (Lipinski definition) is 0. The van der Waals surface area contributed by atoms with E-state index in [-0.39, 0.29) is 0 Å². The van der Waals surface area contributed by atoms with Crippen molar-refractivity contribution in [2.75, 3.05) is 0 Å². The number of aryl methyl sites for hydroxylation is 2. The van der Waals surface area contributed by atoms with Crippen LogP contribution in [0.2, 0.25) is 0 Å². The zero-order chi connectivity index (χ0) is 12.7. The van der Waals surface area contributed by atoms with Crippen LogP contribution in [0.15, 0.2) is 29.8 Å². The van der Waals surface area contributed by atoms with Crippen molar-refractivity contribution in [1.29, 1.82) is 0 Å². The van der Waals surface area contributed by atoms with Gasteiger partial charge in [0.1, 0.15) is 0 Å². The third kappa shape index (κ3) is 4.77. The summed E-state index contributed by atoms with van der Waals surface area (Å²) in [4.78, 5) is 0. The molecule has 94 valence electrons. The van der Waals surface area contributed by atoms with Crippen LogP contribution >= 0.6 is 0 Å². The molecule has 0 unspecified atom stereocenters. The summed E-state index contributed by atoms with van der Waals surface area (Å²) in [5.41, 5.74) is 5.90. The molecule has 0 saturated heterocycles. The molecule has 0 nitrogen and oxygen atoms in total. The molecule has 1 rings (SSSR count). The Kier molecular flexibility index (Phi) is 6.04. The van der Waals surface area contributed by atoms with Crippen LogP contribution in [0.3, 0.4) is 0 Å². The number of allylic oxidation sites excluding steroid dienone is 2. The summed E-state index contributed by atoms with van der Waals surface area (Å²) in [6.45, 7) is 8.90. The maximum atomic E-state index is 2.45. The third-order valence-corrected chi connectivity index (χ3v) is 3.21. The molecule has 0 heterocycles. The van der Waals surface area contributed by atoms with E-state index in [4.69, 9.17) is 0 Å². The Hall–Kier alpha value is -1.04. The fraction of sp³-hybridized carbons (Fsp3) is 0.529. The van der Waals surface area contributed by atoms with Crippen molar-refractivity contribution in [3.05, 3.63) is 46.5 Å². The Labute approximate surface area is 107 Å². The molecule has 0 amide bonds. The van der Waals surface area contributed by atoms with Crippen molar-refractivity contribution < 1.29 is 0 Å². The van der Waals surface area contributed by atoms with E-state index in [2.05, 4.69) is 52.0 Å². The normalized spacial score (nSPS) is 11.9. The smallest absolute Gasteiger partial charge is 0.00645 e. The maximum absolute atomic E-state index is 2.45. The monoisotopic (exact) mass is 230 g/mol. The molecule has 0 aliphatic carbocycles. The van der Waals surface area contributed by atoms with Crippen LogP contribution in [-0.4, -0.2) is 0 Å². The summed E-state index contributed by atoms with van der Waals surface area (Å²) in [5, 5.41) is 0. The molecular weight excluding hydrogens is 204 g/mol. The van der Waals surface area contributed by atoms with Gasteiger partial charge in [0.2, 0.25) is 0 Å². The number of hydrogen-bond acceptors (Lipinski definition) is 0. The number of benzene rings is 1. The molecule has 0 saturated carbocycles. The van der Waals surface area contributed by atoms with E-state index in [1.807, 2.05) is 0 Å². The van der Waals surface area contributed by atoms with E-state index in [9.17, 15) is 0 Å². The van der Waals surface area contributed by atoms with E-state index in [1.165, 1.54) is 42.4 Å². The van der Waals surface area contributed by atoms with E-state index < -0.39 is 0 Å². The Morgan fingerprint density at radius 2 is 1.88 bits per heavy atom. The summed E-state index contributed by atoms with van der Waals surface area (Å²) in [6, 6.07) is 6.81. The van der Waals surface area contributed by atoms with Crippen LogP contribution < -0.4 is 0 Å². The minimum absolute atomic E-state index is 1.14.